The third-order valence-electron chi connectivity index (χ3n) is 2.82. The van der Waals surface area contributed by atoms with Gasteiger partial charge in [0.25, 0.3) is 0 Å². The Bertz CT molecular complexity index is 465. The Labute approximate surface area is 113 Å². The molecule has 0 aliphatic carbocycles. The van der Waals surface area contributed by atoms with Gasteiger partial charge in [0.05, 0.1) is 12.1 Å². The predicted molar refractivity (Wildman–Crippen MR) is 72.0 cm³/mol. The lowest BCUT2D eigenvalue weighted by Crippen LogP contribution is -2.34. The molecule has 0 radical (unpaired) electrons. The highest BCUT2D eigenvalue weighted by molar-refractivity contribution is 6.31. The second-order valence-electron chi connectivity index (χ2n) is 4.60. The van der Waals surface area contributed by atoms with E-state index in [1.54, 1.807) is 6.07 Å². The Kier molecular flexibility index (Phi) is 5.18. The number of hydrogen-bond donors (Lipinski definition) is 1. The van der Waals surface area contributed by atoms with Crippen molar-refractivity contribution in [2.45, 2.75) is 26.8 Å². The zero-order valence-corrected chi connectivity index (χ0v) is 11.5. The summed E-state index contributed by atoms with van der Waals surface area (Å²) in [7, 11) is 0. The van der Waals surface area contributed by atoms with Gasteiger partial charge in [-0.25, -0.2) is 0 Å². The molecule has 1 aromatic carbocycles. The van der Waals surface area contributed by atoms with Crippen molar-refractivity contribution in [3.8, 4) is 6.07 Å². The van der Waals surface area contributed by atoms with Crippen molar-refractivity contribution in [3.63, 3.8) is 0 Å². The molecule has 3 nitrogen and oxygen atoms in total. The zero-order valence-electron chi connectivity index (χ0n) is 10.8. The van der Waals surface area contributed by atoms with Crippen LogP contribution < -0.4 is 5.32 Å². The van der Waals surface area contributed by atoms with Crippen LogP contribution in [-0.4, -0.2) is 5.91 Å². The second kappa shape index (κ2) is 6.42. The molecule has 0 spiro atoms. The first-order chi connectivity index (χ1) is 8.47. The van der Waals surface area contributed by atoms with E-state index in [2.05, 4.69) is 5.32 Å². The minimum absolute atomic E-state index is 0.00607. The van der Waals surface area contributed by atoms with Crippen molar-refractivity contribution in [2.24, 2.45) is 11.8 Å². The van der Waals surface area contributed by atoms with Gasteiger partial charge in [-0.15, -0.1) is 0 Å². The number of nitriles is 1. The van der Waals surface area contributed by atoms with Crippen molar-refractivity contribution in [2.75, 3.05) is 0 Å². The van der Waals surface area contributed by atoms with Crippen molar-refractivity contribution in [1.82, 2.24) is 5.32 Å². The first-order valence-electron chi connectivity index (χ1n) is 5.91. The molecule has 1 N–H and O–H groups in total. The first-order valence-corrected chi connectivity index (χ1v) is 6.29. The standard InChI is InChI=1S/C14H17ClN2O/c1-9(2)12(8-16)14(18)17-10(3)11-6-4-5-7-13(11)15/h4-7,9-10,12H,1-3H3,(H,17,18). The number of hydrogen-bond acceptors (Lipinski definition) is 2. The van der Waals surface area contributed by atoms with Crippen LogP contribution in [0.4, 0.5) is 0 Å². The SMILES string of the molecule is CC(NC(=O)C(C#N)C(C)C)c1ccccc1Cl. The summed E-state index contributed by atoms with van der Waals surface area (Å²) in [6.45, 7) is 5.56. The van der Waals surface area contributed by atoms with Crippen LogP contribution in [0.25, 0.3) is 0 Å². The molecule has 0 heterocycles. The van der Waals surface area contributed by atoms with Gasteiger partial charge in [-0.1, -0.05) is 43.6 Å². The number of nitrogens with one attached hydrogen (secondary N) is 1. The summed E-state index contributed by atoms with van der Waals surface area (Å²) in [4.78, 5) is 11.9. The van der Waals surface area contributed by atoms with E-state index < -0.39 is 5.92 Å². The molecule has 0 aliphatic rings. The quantitative estimate of drug-likeness (QED) is 0.907. The van der Waals surface area contributed by atoms with Gasteiger partial charge in [-0.05, 0) is 24.5 Å². The average molecular weight is 265 g/mol. The van der Waals surface area contributed by atoms with Gasteiger partial charge in [0.2, 0.25) is 5.91 Å². The molecule has 1 aromatic rings. The normalized spacial score (nSPS) is 13.8. The summed E-state index contributed by atoms with van der Waals surface area (Å²) < 4.78 is 0. The molecule has 0 aromatic heterocycles. The maximum absolute atomic E-state index is 11.9. The molecule has 0 saturated carbocycles. The summed E-state index contributed by atoms with van der Waals surface area (Å²) in [5, 5.41) is 12.4. The van der Waals surface area contributed by atoms with E-state index in [-0.39, 0.29) is 17.9 Å². The van der Waals surface area contributed by atoms with E-state index in [1.165, 1.54) is 0 Å². The smallest absolute Gasteiger partial charge is 0.238 e. The molecule has 2 unspecified atom stereocenters. The number of benzene rings is 1. The van der Waals surface area contributed by atoms with Crippen LogP contribution >= 0.6 is 11.6 Å². The van der Waals surface area contributed by atoms with Gasteiger partial charge in [0, 0.05) is 5.02 Å². The van der Waals surface area contributed by atoms with Crippen molar-refractivity contribution < 1.29 is 4.79 Å². The summed E-state index contributed by atoms with van der Waals surface area (Å²) in [6.07, 6.45) is 0. The van der Waals surface area contributed by atoms with Gasteiger partial charge >= 0.3 is 0 Å². The van der Waals surface area contributed by atoms with Gasteiger partial charge in [-0.2, -0.15) is 5.26 Å². The summed E-state index contributed by atoms with van der Waals surface area (Å²) >= 11 is 6.06. The minimum Gasteiger partial charge on any atom is -0.348 e. The monoisotopic (exact) mass is 264 g/mol. The maximum Gasteiger partial charge on any atom is 0.238 e. The Hall–Kier alpha value is -1.53. The van der Waals surface area contributed by atoms with Crippen LogP contribution in [0.3, 0.4) is 0 Å². The Balaban J connectivity index is 2.77. The minimum atomic E-state index is -0.630. The fourth-order valence-electron chi connectivity index (χ4n) is 1.72. The Morgan fingerprint density at radius 1 is 1.33 bits per heavy atom. The molecule has 96 valence electrons. The predicted octanol–water partition coefficient (Wildman–Crippen LogP) is 3.31. The van der Waals surface area contributed by atoms with Crippen LogP contribution in [-0.2, 0) is 4.79 Å². The molecular formula is C14H17ClN2O. The van der Waals surface area contributed by atoms with Crippen LogP contribution in [0.2, 0.25) is 5.02 Å². The van der Waals surface area contributed by atoms with E-state index >= 15 is 0 Å². The number of carbonyl (C=O) groups is 1. The van der Waals surface area contributed by atoms with Crippen molar-refractivity contribution in [3.05, 3.63) is 34.9 Å². The molecule has 0 bridgehead atoms. The number of nitrogens with zero attached hydrogens (tertiary/aromatic N) is 1. The largest absolute Gasteiger partial charge is 0.348 e. The molecule has 0 fully saturated rings. The van der Waals surface area contributed by atoms with Gasteiger partial charge < -0.3 is 5.32 Å². The summed E-state index contributed by atoms with van der Waals surface area (Å²) in [5.41, 5.74) is 0.855. The topological polar surface area (TPSA) is 52.9 Å². The summed E-state index contributed by atoms with van der Waals surface area (Å²) in [6, 6.07) is 9.18. The van der Waals surface area contributed by atoms with Gasteiger partial charge in [0.15, 0.2) is 0 Å². The molecular weight excluding hydrogens is 248 g/mol. The first kappa shape index (κ1) is 14.5. The lowest BCUT2D eigenvalue weighted by molar-refractivity contribution is -0.125. The highest BCUT2D eigenvalue weighted by Crippen LogP contribution is 2.22. The molecule has 4 heteroatoms. The molecule has 0 aliphatic heterocycles. The van der Waals surface area contributed by atoms with Crippen LogP contribution in [0.1, 0.15) is 32.4 Å². The Morgan fingerprint density at radius 2 is 1.94 bits per heavy atom. The lowest BCUT2D eigenvalue weighted by atomic mass is 9.96. The van der Waals surface area contributed by atoms with E-state index in [0.29, 0.717) is 5.02 Å². The third-order valence-corrected chi connectivity index (χ3v) is 3.16. The zero-order chi connectivity index (χ0) is 13.7. The fraction of sp³-hybridized carbons (Fsp3) is 0.429. The number of rotatable bonds is 4. The number of halogens is 1. The second-order valence-corrected chi connectivity index (χ2v) is 5.01. The van der Waals surface area contributed by atoms with Gasteiger partial charge in [-0.3, -0.25) is 4.79 Å². The average Bonchev–Trinajstić information content (AvgIpc) is 2.29. The van der Waals surface area contributed by atoms with E-state index in [4.69, 9.17) is 16.9 Å². The molecule has 18 heavy (non-hydrogen) atoms. The van der Waals surface area contributed by atoms with E-state index in [9.17, 15) is 4.79 Å². The lowest BCUT2D eigenvalue weighted by Gasteiger charge is -2.19. The van der Waals surface area contributed by atoms with Crippen LogP contribution in [0, 0.1) is 23.2 Å². The third kappa shape index (κ3) is 3.48. The molecule has 2 atom stereocenters. The maximum atomic E-state index is 11.9. The molecule has 1 amide bonds. The summed E-state index contributed by atoms with van der Waals surface area (Å²) in [5.74, 6) is -0.886. The number of carbonyl (C=O) groups excluding carboxylic acids is 1. The van der Waals surface area contributed by atoms with E-state index in [0.717, 1.165) is 5.56 Å². The van der Waals surface area contributed by atoms with Crippen molar-refractivity contribution >= 4 is 17.5 Å². The van der Waals surface area contributed by atoms with Crippen LogP contribution in [0.5, 0.6) is 0 Å². The van der Waals surface area contributed by atoms with Crippen molar-refractivity contribution in [1.29, 1.82) is 5.26 Å². The molecule has 1 rings (SSSR count). The van der Waals surface area contributed by atoms with Crippen LogP contribution in [0.15, 0.2) is 24.3 Å². The van der Waals surface area contributed by atoms with Gasteiger partial charge in [0.1, 0.15) is 5.92 Å². The Morgan fingerprint density at radius 3 is 2.44 bits per heavy atom. The highest BCUT2D eigenvalue weighted by atomic mass is 35.5. The fourth-order valence-corrected chi connectivity index (χ4v) is 2.02. The number of amides is 1. The highest BCUT2D eigenvalue weighted by Gasteiger charge is 2.23. The van der Waals surface area contributed by atoms with E-state index in [1.807, 2.05) is 45.0 Å². The molecule has 0 saturated heterocycles.